The van der Waals surface area contributed by atoms with Crippen LogP contribution in [0.25, 0.3) is 0 Å². The summed E-state index contributed by atoms with van der Waals surface area (Å²) in [5.41, 5.74) is 4.61. The van der Waals surface area contributed by atoms with Crippen molar-refractivity contribution < 1.29 is 19.0 Å². The number of ether oxygens (including phenoxy) is 3. The molecular weight excluding hydrogens is 462 g/mol. The Hall–Kier alpha value is -3.62. The van der Waals surface area contributed by atoms with Crippen LogP contribution in [-0.2, 0) is 0 Å². The van der Waals surface area contributed by atoms with Crippen molar-refractivity contribution in [1.82, 2.24) is 5.43 Å². The van der Waals surface area contributed by atoms with Crippen molar-refractivity contribution in [3.8, 4) is 17.2 Å². The molecular formula is C24H22ClN3O4S. The second kappa shape index (κ2) is 11.8. The maximum atomic E-state index is 12.5. The predicted octanol–water partition coefficient (Wildman–Crippen LogP) is 5.29. The molecule has 9 heteroatoms. The lowest BCUT2D eigenvalue weighted by atomic mass is 10.2. The fourth-order valence-corrected chi connectivity index (χ4v) is 3.10. The number of hydrogen-bond acceptors (Lipinski definition) is 6. The zero-order chi connectivity index (χ0) is 23.6. The van der Waals surface area contributed by atoms with Crippen molar-refractivity contribution in [2.45, 2.75) is 6.92 Å². The molecule has 0 aliphatic rings. The first-order chi connectivity index (χ1) is 16.0. The highest BCUT2D eigenvalue weighted by Gasteiger charge is 2.13. The summed E-state index contributed by atoms with van der Waals surface area (Å²) in [6, 6.07) is 18.9. The Morgan fingerprint density at radius 2 is 1.88 bits per heavy atom. The number of anilines is 1. The Morgan fingerprint density at radius 3 is 2.58 bits per heavy atom. The van der Waals surface area contributed by atoms with Crippen molar-refractivity contribution in [3.63, 3.8) is 0 Å². The van der Waals surface area contributed by atoms with E-state index in [0.717, 1.165) is 11.3 Å². The summed E-state index contributed by atoms with van der Waals surface area (Å²) >= 11 is 11.2. The monoisotopic (exact) mass is 483 g/mol. The second-order valence-corrected chi connectivity index (χ2v) is 7.44. The largest absolute Gasteiger partial charge is 0.497 e. The molecule has 0 spiro atoms. The van der Waals surface area contributed by atoms with Crippen molar-refractivity contribution >= 4 is 46.8 Å². The van der Waals surface area contributed by atoms with Gasteiger partial charge in [-0.05, 0) is 85.4 Å². The first-order valence-electron chi connectivity index (χ1n) is 9.97. The van der Waals surface area contributed by atoms with Gasteiger partial charge in [0.25, 0.3) is 0 Å². The van der Waals surface area contributed by atoms with E-state index in [9.17, 15) is 4.79 Å². The summed E-state index contributed by atoms with van der Waals surface area (Å²) in [7, 11) is 1.56. The summed E-state index contributed by atoms with van der Waals surface area (Å²) < 4.78 is 16.3. The van der Waals surface area contributed by atoms with E-state index in [4.69, 9.17) is 38.0 Å². The maximum Gasteiger partial charge on any atom is 0.343 e. The van der Waals surface area contributed by atoms with Gasteiger partial charge >= 0.3 is 5.97 Å². The third kappa shape index (κ3) is 7.20. The lowest BCUT2D eigenvalue weighted by molar-refractivity contribution is 0.0728. The van der Waals surface area contributed by atoms with E-state index in [1.165, 1.54) is 0 Å². The number of halogens is 1. The number of methoxy groups -OCH3 is 1. The van der Waals surface area contributed by atoms with Gasteiger partial charge in [0.1, 0.15) is 5.75 Å². The molecule has 0 fully saturated rings. The highest BCUT2D eigenvalue weighted by Crippen LogP contribution is 2.29. The second-order valence-electron chi connectivity index (χ2n) is 6.59. The summed E-state index contributed by atoms with van der Waals surface area (Å²) in [6.07, 6.45) is 1.57. The summed E-state index contributed by atoms with van der Waals surface area (Å²) in [5.74, 6) is 0.879. The molecule has 0 aliphatic carbocycles. The van der Waals surface area contributed by atoms with Gasteiger partial charge in [-0.2, -0.15) is 5.10 Å². The molecule has 0 aliphatic heterocycles. The van der Waals surface area contributed by atoms with Crippen LogP contribution in [-0.4, -0.2) is 31.0 Å². The van der Waals surface area contributed by atoms with Crippen LogP contribution >= 0.6 is 23.8 Å². The van der Waals surface area contributed by atoms with E-state index < -0.39 is 5.97 Å². The van der Waals surface area contributed by atoms with E-state index in [1.54, 1.807) is 67.9 Å². The summed E-state index contributed by atoms with van der Waals surface area (Å²) in [4.78, 5) is 12.5. The number of carbonyl (C=O) groups excluding carboxylic acids is 1. The molecule has 0 saturated carbocycles. The van der Waals surface area contributed by atoms with Crippen LogP contribution < -0.4 is 25.0 Å². The molecule has 7 nitrogen and oxygen atoms in total. The van der Waals surface area contributed by atoms with Gasteiger partial charge in [-0.25, -0.2) is 4.79 Å². The van der Waals surface area contributed by atoms with Crippen molar-refractivity contribution in [1.29, 1.82) is 0 Å². The molecule has 3 aromatic carbocycles. The average molecular weight is 484 g/mol. The Labute approximate surface area is 202 Å². The number of nitrogens with one attached hydrogen (secondary N) is 2. The molecule has 0 atom stereocenters. The van der Waals surface area contributed by atoms with E-state index in [-0.39, 0.29) is 0 Å². The topological polar surface area (TPSA) is 81.2 Å². The van der Waals surface area contributed by atoms with Gasteiger partial charge in [-0.15, -0.1) is 0 Å². The van der Waals surface area contributed by atoms with Crippen LogP contribution in [0.2, 0.25) is 5.02 Å². The normalized spacial score (nSPS) is 10.5. The molecule has 0 bridgehead atoms. The molecule has 0 aromatic heterocycles. The van der Waals surface area contributed by atoms with Crippen LogP contribution in [0.5, 0.6) is 17.2 Å². The highest BCUT2D eigenvalue weighted by atomic mass is 35.5. The first kappa shape index (κ1) is 24.0. The molecule has 3 aromatic rings. The zero-order valence-corrected chi connectivity index (χ0v) is 19.6. The first-order valence-corrected chi connectivity index (χ1v) is 10.8. The number of hydrogen-bond donors (Lipinski definition) is 2. The van der Waals surface area contributed by atoms with Crippen molar-refractivity contribution in [3.05, 3.63) is 82.9 Å². The quantitative estimate of drug-likeness (QED) is 0.148. The van der Waals surface area contributed by atoms with Crippen molar-refractivity contribution in [2.75, 3.05) is 19.0 Å². The number of nitrogens with zero attached hydrogens (tertiary/aromatic N) is 1. The number of carbonyl (C=O) groups is 1. The number of rotatable bonds is 8. The minimum atomic E-state index is -0.501. The fourth-order valence-electron chi connectivity index (χ4n) is 2.73. The number of benzene rings is 3. The molecule has 0 saturated heterocycles. The van der Waals surface area contributed by atoms with E-state index in [1.807, 2.05) is 19.1 Å². The molecule has 0 amide bonds. The SMILES string of the molecule is CCOc1cc(C=NNC(=S)Nc2cccc(Cl)c2)ccc1OC(=O)c1ccc(OC)cc1. The van der Waals surface area contributed by atoms with Gasteiger partial charge in [-0.1, -0.05) is 17.7 Å². The highest BCUT2D eigenvalue weighted by molar-refractivity contribution is 7.80. The Kier molecular flexibility index (Phi) is 8.63. The van der Waals surface area contributed by atoms with Gasteiger partial charge in [0.2, 0.25) is 0 Å². The lowest BCUT2D eigenvalue weighted by Gasteiger charge is -2.11. The summed E-state index contributed by atoms with van der Waals surface area (Å²) in [6.45, 7) is 2.25. The van der Waals surface area contributed by atoms with E-state index >= 15 is 0 Å². The Bertz CT molecular complexity index is 1150. The fraction of sp³-hybridized carbons (Fsp3) is 0.125. The Morgan fingerprint density at radius 1 is 1.09 bits per heavy atom. The van der Waals surface area contributed by atoms with Gasteiger partial charge in [0.05, 0.1) is 25.5 Å². The van der Waals surface area contributed by atoms with Gasteiger partial charge in [-0.3, -0.25) is 5.43 Å². The van der Waals surface area contributed by atoms with E-state index in [0.29, 0.717) is 39.6 Å². The van der Waals surface area contributed by atoms with Crippen LogP contribution in [0.1, 0.15) is 22.8 Å². The average Bonchev–Trinajstić information content (AvgIpc) is 2.81. The lowest BCUT2D eigenvalue weighted by Crippen LogP contribution is -2.23. The Balaban J connectivity index is 1.64. The minimum absolute atomic E-state index is 0.306. The van der Waals surface area contributed by atoms with Crippen LogP contribution in [0.4, 0.5) is 5.69 Å². The molecule has 170 valence electrons. The standard InChI is InChI=1S/C24H22ClN3O4S/c1-3-31-22-13-16(15-26-28-24(33)27-19-6-4-5-18(25)14-19)7-12-21(22)32-23(29)17-8-10-20(30-2)11-9-17/h4-15H,3H2,1-2H3,(H2,27,28,33). The van der Waals surface area contributed by atoms with Crippen LogP contribution in [0, 0.1) is 0 Å². The summed E-state index contributed by atoms with van der Waals surface area (Å²) in [5, 5.41) is 8.02. The molecule has 0 radical (unpaired) electrons. The molecule has 33 heavy (non-hydrogen) atoms. The zero-order valence-electron chi connectivity index (χ0n) is 18.0. The smallest absolute Gasteiger partial charge is 0.343 e. The van der Waals surface area contributed by atoms with Crippen LogP contribution in [0.3, 0.4) is 0 Å². The molecule has 3 rings (SSSR count). The van der Waals surface area contributed by atoms with Crippen LogP contribution in [0.15, 0.2) is 71.8 Å². The molecule has 0 heterocycles. The maximum absolute atomic E-state index is 12.5. The van der Waals surface area contributed by atoms with E-state index in [2.05, 4.69) is 15.8 Å². The number of thiocarbonyl (C=S) groups is 1. The number of esters is 1. The number of hydrazone groups is 1. The minimum Gasteiger partial charge on any atom is -0.497 e. The van der Waals surface area contributed by atoms with Gasteiger partial charge in [0, 0.05) is 10.7 Å². The van der Waals surface area contributed by atoms with Crippen molar-refractivity contribution in [2.24, 2.45) is 5.10 Å². The van der Waals surface area contributed by atoms with Gasteiger partial charge in [0.15, 0.2) is 16.6 Å². The molecule has 0 unspecified atom stereocenters. The third-order valence-electron chi connectivity index (χ3n) is 4.26. The predicted molar refractivity (Wildman–Crippen MR) is 134 cm³/mol. The third-order valence-corrected chi connectivity index (χ3v) is 4.69. The van der Waals surface area contributed by atoms with Gasteiger partial charge < -0.3 is 19.5 Å². The molecule has 2 N–H and O–H groups in total.